The van der Waals surface area contributed by atoms with Gasteiger partial charge in [0.15, 0.2) is 0 Å². The van der Waals surface area contributed by atoms with E-state index >= 15 is 0 Å². The lowest BCUT2D eigenvalue weighted by molar-refractivity contribution is 0.387. The molecule has 3 nitrogen and oxygen atoms in total. The fraction of sp³-hybridized carbons (Fsp3) is 0.857. The van der Waals surface area contributed by atoms with Crippen molar-refractivity contribution in [2.24, 2.45) is 0 Å². The molecule has 0 aromatic heterocycles. The van der Waals surface area contributed by atoms with Crippen LogP contribution in [0.1, 0.15) is 230 Å². The minimum atomic E-state index is -4.25. The minimum Gasteiger partial charge on any atom is -0.321 e. The normalized spacial score (nSPS) is 11.9. The van der Waals surface area contributed by atoms with Crippen molar-refractivity contribution >= 4 is 12.9 Å². The zero-order chi connectivity index (χ0) is 33.4. The number of benzene rings is 1. The molecule has 0 unspecified atom stereocenters. The molecule has 0 aliphatic rings. The van der Waals surface area contributed by atoms with E-state index in [-0.39, 0.29) is 5.30 Å². The summed E-state index contributed by atoms with van der Waals surface area (Å²) in [6.07, 6.45) is 45.0. The standard InChI is InChI=1S/C42H79O3P/c1-3-5-7-9-11-13-15-17-19-21-23-25-27-29-31-33-36-40-37-35-39-42(46(43,44)45)41(40)38-34-32-30-28-26-24-22-20-18-16-14-12-10-8-6-4-2/h35,37,39H,3-34,36,38H2,1-2H3,(H2,43,44,45). The summed E-state index contributed by atoms with van der Waals surface area (Å²) in [6, 6.07) is 5.64. The van der Waals surface area contributed by atoms with E-state index in [9.17, 15) is 14.4 Å². The van der Waals surface area contributed by atoms with Crippen molar-refractivity contribution in [3.05, 3.63) is 29.3 Å². The Morgan fingerprint density at radius 1 is 0.413 bits per heavy atom. The number of hydrogen-bond acceptors (Lipinski definition) is 1. The van der Waals surface area contributed by atoms with Gasteiger partial charge < -0.3 is 9.79 Å². The van der Waals surface area contributed by atoms with Crippen LogP contribution < -0.4 is 5.30 Å². The van der Waals surface area contributed by atoms with Crippen LogP contribution in [0.2, 0.25) is 0 Å². The van der Waals surface area contributed by atoms with Gasteiger partial charge in [-0.1, -0.05) is 219 Å². The third kappa shape index (κ3) is 25.4. The van der Waals surface area contributed by atoms with Gasteiger partial charge in [-0.15, -0.1) is 0 Å². The molecule has 0 saturated heterocycles. The van der Waals surface area contributed by atoms with Crippen LogP contribution >= 0.6 is 7.60 Å². The highest BCUT2D eigenvalue weighted by molar-refractivity contribution is 7.60. The minimum absolute atomic E-state index is 0.280. The van der Waals surface area contributed by atoms with E-state index in [1.54, 1.807) is 6.07 Å². The molecule has 0 radical (unpaired) electrons. The maximum atomic E-state index is 12.3. The molecule has 0 spiro atoms. The van der Waals surface area contributed by atoms with Crippen LogP contribution in [-0.2, 0) is 17.4 Å². The van der Waals surface area contributed by atoms with Crippen LogP contribution in [0.5, 0.6) is 0 Å². The van der Waals surface area contributed by atoms with Gasteiger partial charge in [-0.25, -0.2) is 0 Å². The van der Waals surface area contributed by atoms with Gasteiger partial charge in [0.05, 0.1) is 5.30 Å². The molecule has 4 heteroatoms. The maximum absolute atomic E-state index is 12.3. The van der Waals surface area contributed by atoms with E-state index < -0.39 is 7.60 Å². The molecule has 1 rings (SSSR count). The molecular weight excluding hydrogens is 583 g/mol. The van der Waals surface area contributed by atoms with Crippen LogP contribution in [0.25, 0.3) is 0 Å². The van der Waals surface area contributed by atoms with Gasteiger partial charge in [0, 0.05) is 0 Å². The van der Waals surface area contributed by atoms with Crippen LogP contribution in [0.15, 0.2) is 18.2 Å². The largest absolute Gasteiger partial charge is 0.356 e. The highest BCUT2D eigenvalue weighted by Crippen LogP contribution is 2.36. The molecule has 1 aromatic rings. The second-order valence-electron chi connectivity index (χ2n) is 14.6. The van der Waals surface area contributed by atoms with Gasteiger partial charge in [-0.05, 0) is 42.9 Å². The molecule has 2 N–H and O–H groups in total. The van der Waals surface area contributed by atoms with Crippen LogP contribution in [0.4, 0.5) is 0 Å². The van der Waals surface area contributed by atoms with Gasteiger partial charge in [0.25, 0.3) is 0 Å². The SMILES string of the molecule is CCCCCCCCCCCCCCCCCCc1cccc(P(=O)(O)O)c1CCCCCCCCCCCCCCCCCC. The Hall–Kier alpha value is -0.630. The Balaban J connectivity index is 2.14. The topological polar surface area (TPSA) is 57.5 Å². The lowest BCUT2D eigenvalue weighted by Crippen LogP contribution is -2.14. The first-order valence-corrected chi connectivity index (χ1v) is 22.3. The predicted molar refractivity (Wildman–Crippen MR) is 205 cm³/mol. The fourth-order valence-corrected chi connectivity index (χ4v) is 8.02. The molecule has 1 aromatic carbocycles. The summed E-state index contributed by atoms with van der Waals surface area (Å²) in [5.74, 6) is 0. The van der Waals surface area contributed by atoms with Gasteiger partial charge in [-0.2, -0.15) is 0 Å². The summed E-state index contributed by atoms with van der Waals surface area (Å²) in [4.78, 5) is 20.1. The van der Waals surface area contributed by atoms with E-state index in [2.05, 4.69) is 19.9 Å². The Labute approximate surface area is 288 Å². The average molecular weight is 663 g/mol. The molecule has 0 aliphatic heterocycles. The van der Waals surface area contributed by atoms with E-state index in [0.717, 1.165) is 37.7 Å². The molecule has 46 heavy (non-hydrogen) atoms. The summed E-state index contributed by atoms with van der Waals surface area (Å²) in [7, 11) is -4.25. The second kappa shape index (κ2) is 31.6. The zero-order valence-electron chi connectivity index (χ0n) is 31.0. The molecule has 0 heterocycles. The van der Waals surface area contributed by atoms with Crippen molar-refractivity contribution in [1.29, 1.82) is 0 Å². The van der Waals surface area contributed by atoms with E-state index in [0.29, 0.717) is 0 Å². The molecule has 0 bridgehead atoms. The average Bonchev–Trinajstić information content (AvgIpc) is 3.04. The van der Waals surface area contributed by atoms with E-state index in [1.807, 2.05) is 6.07 Å². The van der Waals surface area contributed by atoms with Gasteiger partial charge >= 0.3 is 7.60 Å². The first kappa shape index (κ1) is 43.4. The summed E-state index contributed by atoms with van der Waals surface area (Å²) < 4.78 is 12.3. The number of unbranched alkanes of at least 4 members (excludes halogenated alkanes) is 30. The van der Waals surface area contributed by atoms with Crippen molar-refractivity contribution in [2.45, 2.75) is 232 Å². The molecule has 270 valence electrons. The second-order valence-corrected chi connectivity index (χ2v) is 16.1. The van der Waals surface area contributed by atoms with Crippen LogP contribution in [-0.4, -0.2) is 9.79 Å². The van der Waals surface area contributed by atoms with Gasteiger partial charge in [0.2, 0.25) is 0 Å². The van der Waals surface area contributed by atoms with E-state index in [4.69, 9.17) is 0 Å². The fourth-order valence-electron chi connectivity index (χ4n) is 7.13. The number of hydrogen-bond donors (Lipinski definition) is 2. The van der Waals surface area contributed by atoms with E-state index in [1.165, 1.54) is 192 Å². The first-order chi connectivity index (χ1) is 22.5. The zero-order valence-corrected chi connectivity index (χ0v) is 31.9. The Kier molecular flexibility index (Phi) is 29.8. The molecule has 0 aliphatic carbocycles. The molecule has 0 atom stereocenters. The molecular formula is C42H79O3P. The summed E-state index contributed by atoms with van der Waals surface area (Å²) in [5.41, 5.74) is 2.12. The van der Waals surface area contributed by atoms with Crippen molar-refractivity contribution in [2.75, 3.05) is 0 Å². The van der Waals surface area contributed by atoms with Crippen LogP contribution in [0, 0.1) is 0 Å². The van der Waals surface area contributed by atoms with Crippen molar-refractivity contribution in [3.63, 3.8) is 0 Å². The molecule has 0 amide bonds. The summed E-state index contributed by atoms with van der Waals surface area (Å²) in [5, 5.41) is 0.280. The monoisotopic (exact) mass is 663 g/mol. The molecule has 0 fully saturated rings. The lowest BCUT2D eigenvalue weighted by atomic mass is 9.96. The quantitative estimate of drug-likeness (QED) is 0.0562. The Morgan fingerprint density at radius 3 is 1.00 bits per heavy atom. The number of rotatable bonds is 35. The lowest BCUT2D eigenvalue weighted by Gasteiger charge is -2.16. The predicted octanol–water partition coefficient (Wildman–Crippen LogP) is 14.1. The smallest absolute Gasteiger partial charge is 0.321 e. The highest BCUT2D eigenvalue weighted by atomic mass is 31.2. The Bertz CT molecular complexity index is 832. The third-order valence-corrected chi connectivity index (χ3v) is 11.2. The maximum Gasteiger partial charge on any atom is 0.356 e. The first-order valence-electron chi connectivity index (χ1n) is 20.7. The summed E-state index contributed by atoms with van der Waals surface area (Å²) in [6.45, 7) is 4.57. The third-order valence-electron chi connectivity index (χ3n) is 10.1. The van der Waals surface area contributed by atoms with Gasteiger partial charge in [-0.3, -0.25) is 4.57 Å². The summed E-state index contributed by atoms with van der Waals surface area (Å²) >= 11 is 0. The Morgan fingerprint density at radius 2 is 0.696 bits per heavy atom. The van der Waals surface area contributed by atoms with Crippen LogP contribution in [0.3, 0.4) is 0 Å². The highest BCUT2D eigenvalue weighted by Gasteiger charge is 2.22. The van der Waals surface area contributed by atoms with Crippen molar-refractivity contribution < 1.29 is 14.4 Å². The van der Waals surface area contributed by atoms with Gasteiger partial charge in [0.1, 0.15) is 0 Å². The molecule has 0 saturated carbocycles. The van der Waals surface area contributed by atoms with Crippen molar-refractivity contribution in [1.82, 2.24) is 0 Å². The number of aryl methyl sites for hydroxylation is 1. The van der Waals surface area contributed by atoms with Crippen molar-refractivity contribution in [3.8, 4) is 0 Å².